The van der Waals surface area contributed by atoms with Gasteiger partial charge in [-0.05, 0) is 42.5 Å². The van der Waals surface area contributed by atoms with Crippen molar-refractivity contribution in [2.75, 3.05) is 0 Å². The SMILES string of the molecule is O=C(NCc1ccccc1F)c1ccc(C[S@](=O)c2ccc(F)cc2)o1. The van der Waals surface area contributed by atoms with Crippen LogP contribution in [0.3, 0.4) is 0 Å². The van der Waals surface area contributed by atoms with Gasteiger partial charge in [0.2, 0.25) is 0 Å². The average Bonchev–Trinajstić information content (AvgIpc) is 3.10. The lowest BCUT2D eigenvalue weighted by Gasteiger charge is -2.04. The molecule has 0 spiro atoms. The zero-order chi connectivity index (χ0) is 18.5. The first-order chi connectivity index (χ1) is 12.5. The lowest BCUT2D eigenvalue weighted by molar-refractivity contribution is 0.0921. The fourth-order valence-electron chi connectivity index (χ4n) is 2.28. The molecular formula is C19H15F2NO3S. The van der Waals surface area contributed by atoms with Crippen molar-refractivity contribution in [2.45, 2.75) is 17.2 Å². The van der Waals surface area contributed by atoms with E-state index in [2.05, 4.69) is 5.32 Å². The van der Waals surface area contributed by atoms with E-state index in [0.717, 1.165) is 0 Å². The second kappa shape index (κ2) is 8.05. The summed E-state index contributed by atoms with van der Waals surface area (Å²) in [6, 6.07) is 14.5. The molecule has 2 aromatic carbocycles. The maximum absolute atomic E-state index is 13.5. The van der Waals surface area contributed by atoms with Crippen LogP contribution >= 0.6 is 0 Å². The van der Waals surface area contributed by atoms with Gasteiger partial charge in [0.15, 0.2) is 5.76 Å². The molecule has 1 amide bonds. The molecular weight excluding hydrogens is 360 g/mol. The lowest BCUT2D eigenvalue weighted by Crippen LogP contribution is -2.22. The van der Waals surface area contributed by atoms with E-state index < -0.39 is 28.3 Å². The van der Waals surface area contributed by atoms with Gasteiger partial charge < -0.3 is 9.73 Å². The van der Waals surface area contributed by atoms with Crippen LogP contribution < -0.4 is 5.32 Å². The lowest BCUT2D eigenvalue weighted by atomic mass is 10.2. The molecule has 1 N–H and O–H groups in total. The summed E-state index contributed by atoms with van der Waals surface area (Å²) in [5.41, 5.74) is 0.366. The molecule has 1 atom stereocenters. The summed E-state index contributed by atoms with van der Waals surface area (Å²) in [6.07, 6.45) is 0. The molecule has 0 aliphatic carbocycles. The summed E-state index contributed by atoms with van der Waals surface area (Å²) in [7, 11) is -1.42. The Balaban J connectivity index is 1.60. The number of carbonyl (C=O) groups is 1. The Morgan fingerprint density at radius 3 is 2.46 bits per heavy atom. The van der Waals surface area contributed by atoms with E-state index in [0.29, 0.717) is 16.2 Å². The molecule has 26 heavy (non-hydrogen) atoms. The van der Waals surface area contributed by atoms with Crippen molar-refractivity contribution in [3.8, 4) is 0 Å². The number of nitrogens with one attached hydrogen (secondary N) is 1. The molecule has 134 valence electrons. The Labute approximate surface area is 151 Å². The van der Waals surface area contributed by atoms with E-state index >= 15 is 0 Å². The number of carbonyl (C=O) groups excluding carboxylic acids is 1. The molecule has 0 aliphatic rings. The van der Waals surface area contributed by atoms with Crippen molar-refractivity contribution in [1.82, 2.24) is 5.32 Å². The average molecular weight is 375 g/mol. The number of rotatable bonds is 6. The molecule has 0 aliphatic heterocycles. The minimum absolute atomic E-state index is 0.0308. The normalized spacial score (nSPS) is 11.9. The summed E-state index contributed by atoms with van der Waals surface area (Å²) < 4.78 is 44.1. The van der Waals surface area contributed by atoms with Crippen molar-refractivity contribution in [3.63, 3.8) is 0 Å². The van der Waals surface area contributed by atoms with Crippen LogP contribution in [0.4, 0.5) is 8.78 Å². The molecule has 0 saturated heterocycles. The van der Waals surface area contributed by atoms with Crippen LogP contribution in [0.15, 0.2) is 70.0 Å². The van der Waals surface area contributed by atoms with Gasteiger partial charge in [0.05, 0.1) is 16.6 Å². The third kappa shape index (κ3) is 4.43. The standard InChI is InChI=1S/C19H15F2NO3S/c20-14-5-8-16(9-6-14)26(24)12-15-7-10-18(25-15)19(23)22-11-13-3-1-2-4-17(13)21/h1-10H,11-12H2,(H,22,23)/t26-/m0/s1. The zero-order valence-corrected chi connectivity index (χ0v) is 14.4. The van der Waals surface area contributed by atoms with E-state index in [1.54, 1.807) is 24.3 Å². The molecule has 3 aromatic rings. The van der Waals surface area contributed by atoms with Gasteiger partial charge in [-0.1, -0.05) is 18.2 Å². The molecule has 1 aromatic heterocycles. The molecule has 1 heterocycles. The highest BCUT2D eigenvalue weighted by atomic mass is 32.2. The van der Waals surface area contributed by atoms with Crippen LogP contribution in [-0.2, 0) is 23.1 Å². The smallest absolute Gasteiger partial charge is 0.287 e. The van der Waals surface area contributed by atoms with Crippen molar-refractivity contribution < 1.29 is 22.2 Å². The fourth-order valence-corrected chi connectivity index (χ4v) is 3.30. The summed E-state index contributed by atoms with van der Waals surface area (Å²) in [4.78, 5) is 12.6. The van der Waals surface area contributed by atoms with Crippen LogP contribution in [0.1, 0.15) is 21.9 Å². The highest BCUT2D eigenvalue weighted by Gasteiger charge is 2.14. The van der Waals surface area contributed by atoms with Gasteiger partial charge in [-0.2, -0.15) is 0 Å². The molecule has 3 rings (SSSR count). The number of hydrogen-bond acceptors (Lipinski definition) is 3. The first-order valence-electron chi connectivity index (χ1n) is 7.77. The van der Waals surface area contributed by atoms with Gasteiger partial charge in [0.1, 0.15) is 17.4 Å². The largest absolute Gasteiger partial charge is 0.455 e. The van der Waals surface area contributed by atoms with E-state index in [9.17, 15) is 17.8 Å². The highest BCUT2D eigenvalue weighted by Crippen LogP contribution is 2.16. The summed E-state index contributed by atoms with van der Waals surface area (Å²) in [5, 5.41) is 2.57. The van der Waals surface area contributed by atoms with Gasteiger partial charge >= 0.3 is 0 Å². The quantitative estimate of drug-likeness (QED) is 0.713. The van der Waals surface area contributed by atoms with Crippen LogP contribution in [0.5, 0.6) is 0 Å². The van der Waals surface area contributed by atoms with E-state index in [4.69, 9.17) is 4.42 Å². The Hall–Kier alpha value is -2.80. The van der Waals surface area contributed by atoms with E-state index in [1.807, 2.05) is 0 Å². The van der Waals surface area contributed by atoms with E-state index in [1.165, 1.54) is 36.4 Å². The predicted octanol–water partition coefficient (Wildman–Crippen LogP) is 3.80. The number of halogens is 2. The van der Waals surface area contributed by atoms with E-state index in [-0.39, 0.29) is 18.1 Å². The van der Waals surface area contributed by atoms with Crippen LogP contribution in [0.25, 0.3) is 0 Å². The fraction of sp³-hybridized carbons (Fsp3) is 0.105. The van der Waals surface area contributed by atoms with Gasteiger partial charge in [-0.3, -0.25) is 9.00 Å². The van der Waals surface area contributed by atoms with Crippen LogP contribution in [0.2, 0.25) is 0 Å². The Bertz CT molecular complexity index is 938. The van der Waals surface area contributed by atoms with Crippen LogP contribution in [-0.4, -0.2) is 10.1 Å². The predicted molar refractivity (Wildman–Crippen MR) is 92.8 cm³/mol. The molecule has 0 radical (unpaired) electrons. The Morgan fingerprint density at radius 2 is 1.73 bits per heavy atom. The van der Waals surface area contributed by atoms with Gasteiger partial charge in [0.25, 0.3) is 5.91 Å². The monoisotopic (exact) mass is 375 g/mol. The third-order valence-corrected chi connectivity index (χ3v) is 4.98. The Kier molecular flexibility index (Phi) is 5.58. The molecule has 0 unspecified atom stereocenters. The van der Waals surface area contributed by atoms with Crippen LogP contribution in [0, 0.1) is 11.6 Å². The summed E-state index contributed by atoms with van der Waals surface area (Å²) in [6.45, 7) is 0.0308. The molecule has 0 saturated carbocycles. The van der Waals surface area contributed by atoms with Crippen molar-refractivity contribution >= 4 is 16.7 Å². The highest BCUT2D eigenvalue weighted by molar-refractivity contribution is 7.84. The number of amides is 1. The second-order valence-electron chi connectivity index (χ2n) is 5.48. The Morgan fingerprint density at radius 1 is 1.00 bits per heavy atom. The number of benzene rings is 2. The summed E-state index contributed by atoms with van der Waals surface area (Å²) >= 11 is 0. The van der Waals surface area contributed by atoms with Crippen molar-refractivity contribution in [3.05, 3.63) is 89.4 Å². The van der Waals surface area contributed by atoms with Gasteiger partial charge in [-0.25, -0.2) is 8.78 Å². The number of furan rings is 1. The first-order valence-corrected chi connectivity index (χ1v) is 9.09. The van der Waals surface area contributed by atoms with Gasteiger partial charge in [0, 0.05) is 17.0 Å². The minimum Gasteiger partial charge on any atom is -0.455 e. The first kappa shape index (κ1) is 18.0. The molecule has 0 bridgehead atoms. The minimum atomic E-state index is -1.42. The topological polar surface area (TPSA) is 59.3 Å². The van der Waals surface area contributed by atoms with Crippen molar-refractivity contribution in [1.29, 1.82) is 0 Å². The number of hydrogen-bond donors (Lipinski definition) is 1. The molecule has 4 nitrogen and oxygen atoms in total. The maximum Gasteiger partial charge on any atom is 0.287 e. The zero-order valence-electron chi connectivity index (χ0n) is 13.6. The van der Waals surface area contributed by atoms with Crippen molar-refractivity contribution in [2.24, 2.45) is 0 Å². The third-order valence-electron chi connectivity index (χ3n) is 3.63. The van der Waals surface area contributed by atoms with Gasteiger partial charge in [-0.15, -0.1) is 0 Å². The maximum atomic E-state index is 13.5. The molecule has 0 fully saturated rings. The second-order valence-corrected chi connectivity index (χ2v) is 6.93. The summed E-state index contributed by atoms with van der Waals surface area (Å²) in [5.74, 6) is -0.824. The molecule has 7 heteroatoms.